The molecule has 1 aliphatic heterocycles. The molecule has 0 bridgehead atoms. The number of aryl methyl sites for hydroxylation is 1. The Balaban J connectivity index is 1.27. The molecule has 3 aromatic carbocycles. The third kappa shape index (κ3) is 7.26. The number of hydrazine groups is 1. The highest BCUT2D eigenvalue weighted by Gasteiger charge is 2.36. The average molecular weight is 608 g/mol. The fourth-order valence-electron chi connectivity index (χ4n) is 4.23. The van der Waals surface area contributed by atoms with Crippen LogP contribution in [0.4, 0.5) is 5.69 Å². The number of carbonyl (C=O) groups excluding carboxylic acids is 4. The van der Waals surface area contributed by atoms with Gasteiger partial charge in [-0.15, -0.1) is 0 Å². The molecule has 10 heteroatoms. The monoisotopic (exact) mass is 607 g/mol. The molecule has 0 spiro atoms. The van der Waals surface area contributed by atoms with Gasteiger partial charge in [-0.25, -0.2) is 0 Å². The number of nitrogens with zero attached hydrogens (tertiary/aromatic N) is 1. The molecule has 40 heavy (non-hydrogen) atoms. The molecule has 0 aromatic heterocycles. The predicted molar refractivity (Wildman–Crippen MR) is 153 cm³/mol. The van der Waals surface area contributed by atoms with Gasteiger partial charge in [0.05, 0.1) is 5.92 Å². The van der Waals surface area contributed by atoms with Gasteiger partial charge in [0, 0.05) is 28.7 Å². The summed E-state index contributed by atoms with van der Waals surface area (Å²) in [6.07, 6.45) is -0.0277. The van der Waals surface area contributed by atoms with Gasteiger partial charge < -0.3 is 14.4 Å². The van der Waals surface area contributed by atoms with Crippen LogP contribution in [0.3, 0.4) is 0 Å². The van der Waals surface area contributed by atoms with Crippen molar-refractivity contribution in [2.75, 3.05) is 18.1 Å². The third-order valence-corrected chi connectivity index (χ3v) is 6.92. The minimum Gasteiger partial charge on any atom is -0.457 e. The van der Waals surface area contributed by atoms with E-state index in [-0.39, 0.29) is 18.9 Å². The van der Waals surface area contributed by atoms with Crippen LogP contribution >= 0.6 is 15.9 Å². The molecule has 0 unspecified atom stereocenters. The Hall–Kier alpha value is -4.18. The second kappa shape index (κ2) is 12.8. The van der Waals surface area contributed by atoms with Crippen LogP contribution in [-0.2, 0) is 19.1 Å². The molecule has 1 saturated heterocycles. The molecule has 9 nitrogen and oxygen atoms in total. The summed E-state index contributed by atoms with van der Waals surface area (Å²) in [5.41, 5.74) is 7.64. The van der Waals surface area contributed by atoms with Crippen LogP contribution in [-0.4, -0.2) is 36.8 Å². The number of nitrogens with one attached hydrogen (secondary N) is 2. The van der Waals surface area contributed by atoms with Crippen molar-refractivity contribution in [2.45, 2.75) is 33.1 Å². The van der Waals surface area contributed by atoms with Crippen molar-refractivity contribution in [3.8, 4) is 11.5 Å². The Bertz CT molecular complexity index is 1410. The minimum atomic E-state index is -0.713. The van der Waals surface area contributed by atoms with Gasteiger partial charge in [-0.05, 0) is 78.6 Å². The molecule has 2 N–H and O–H groups in total. The Morgan fingerprint density at radius 3 is 2.38 bits per heavy atom. The Morgan fingerprint density at radius 1 is 1.00 bits per heavy atom. The first-order valence-corrected chi connectivity index (χ1v) is 13.6. The molecule has 1 aliphatic rings. The summed E-state index contributed by atoms with van der Waals surface area (Å²) in [5, 5.41) is 0. The average Bonchev–Trinajstić information content (AvgIpc) is 3.32. The summed E-state index contributed by atoms with van der Waals surface area (Å²) >= 11 is 3.28. The first-order valence-electron chi connectivity index (χ1n) is 12.8. The molecular weight excluding hydrogens is 578 g/mol. The number of hydrogen-bond acceptors (Lipinski definition) is 6. The van der Waals surface area contributed by atoms with Crippen molar-refractivity contribution >= 4 is 45.3 Å². The molecule has 0 aliphatic carbocycles. The normalized spacial score (nSPS) is 14.7. The maximum Gasteiger partial charge on any atom is 0.311 e. The summed E-state index contributed by atoms with van der Waals surface area (Å²) in [5.74, 6) is -1.08. The zero-order valence-corrected chi connectivity index (χ0v) is 24.0. The number of hydrogen-bond donors (Lipinski definition) is 2. The van der Waals surface area contributed by atoms with E-state index in [1.807, 2.05) is 13.0 Å². The molecule has 0 saturated carbocycles. The molecule has 3 amide bonds. The maximum absolute atomic E-state index is 12.7. The number of amides is 3. The Morgan fingerprint density at radius 2 is 1.70 bits per heavy atom. The van der Waals surface area contributed by atoms with Gasteiger partial charge in [0.15, 0.2) is 6.61 Å². The van der Waals surface area contributed by atoms with E-state index >= 15 is 0 Å². The first kappa shape index (κ1) is 28.8. The number of halogens is 1. The van der Waals surface area contributed by atoms with Crippen molar-refractivity contribution < 1.29 is 28.7 Å². The summed E-state index contributed by atoms with van der Waals surface area (Å²) < 4.78 is 12.0. The second-order valence-electron chi connectivity index (χ2n) is 9.81. The smallest absolute Gasteiger partial charge is 0.311 e. The first-order chi connectivity index (χ1) is 19.1. The van der Waals surface area contributed by atoms with Crippen LogP contribution in [0.2, 0.25) is 0 Å². The lowest BCUT2D eigenvalue weighted by molar-refractivity contribution is -0.152. The summed E-state index contributed by atoms with van der Waals surface area (Å²) in [6, 6.07) is 19.8. The molecule has 0 radical (unpaired) electrons. The van der Waals surface area contributed by atoms with E-state index in [9.17, 15) is 19.2 Å². The van der Waals surface area contributed by atoms with E-state index in [0.29, 0.717) is 22.9 Å². The summed E-state index contributed by atoms with van der Waals surface area (Å²) in [4.78, 5) is 50.8. The predicted octanol–water partition coefficient (Wildman–Crippen LogP) is 5.03. The highest BCUT2D eigenvalue weighted by Crippen LogP contribution is 2.33. The molecular formula is C30H30BrN3O6. The van der Waals surface area contributed by atoms with Gasteiger partial charge in [-0.3, -0.25) is 30.0 Å². The molecule has 4 rings (SSSR count). The molecule has 1 atom stereocenters. The van der Waals surface area contributed by atoms with Gasteiger partial charge in [0.2, 0.25) is 5.91 Å². The second-order valence-corrected chi connectivity index (χ2v) is 10.7. The fraction of sp³-hybridized carbons (Fsp3) is 0.267. The van der Waals surface area contributed by atoms with E-state index < -0.39 is 30.3 Å². The minimum absolute atomic E-state index is 0.0277. The van der Waals surface area contributed by atoms with Gasteiger partial charge in [-0.1, -0.05) is 41.9 Å². The van der Waals surface area contributed by atoms with Gasteiger partial charge in [0.1, 0.15) is 11.5 Å². The zero-order valence-electron chi connectivity index (χ0n) is 22.4. The van der Waals surface area contributed by atoms with Crippen molar-refractivity contribution in [2.24, 2.45) is 5.92 Å². The van der Waals surface area contributed by atoms with E-state index in [0.717, 1.165) is 21.3 Å². The topological polar surface area (TPSA) is 114 Å². The van der Waals surface area contributed by atoms with Crippen molar-refractivity contribution in [3.63, 3.8) is 0 Å². The SMILES string of the molecule is Cc1ccc(C(C)C)c(Oc2ccc(N3C[C@@H](C(=O)OCC(=O)NNC(=O)c4ccc(Br)cc4)CC3=O)cc2)c1. The standard InChI is InChI=1S/C30H30BrN3O6/c1-18(2)25-13-4-19(3)14-26(25)40-24-11-9-23(10-12-24)34-16-21(15-28(34)36)30(38)39-17-27(35)32-33-29(37)20-5-7-22(31)8-6-20/h4-14,18,21H,15-17H2,1-3H3,(H,32,35)(H,33,37)/t21-/m0/s1. The summed E-state index contributed by atoms with van der Waals surface area (Å²) in [6.45, 7) is 5.77. The lowest BCUT2D eigenvalue weighted by Gasteiger charge is -2.18. The lowest BCUT2D eigenvalue weighted by atomic mass is 10.0. The van der Waals surface area contributed by atoms with E-state index in [4.69, 9.17) is 9.47 Å². The van der Waals surface area contributed by atoms with Gasteiger partial charge >= 0.3 is 5.97 Å². The van der Waals surface area contributed by atoms with Crippen LogP contribution in [0, 0.1) is 12.8 Å². The number of ether oxygens (including phenoxy) is 2. The quantitative estimate of drug-likeness (QED) is 0.274. The van der Waals surface area contributed by atoms with Crippen molar-refractivity contribution in [1.82, 2.24) is 10.9 Å². The van der Waals surface area contributed by atoms with Crippen molar-refractivity contribution in [3.05, 3.63) is 87.9 Å². The third-order valence-electron chi connectivity index (χ3n) is 6.39. The molecule has 3 aromatic rings. The Labute approximate surface area is 240 Å². The number of carbonyl (C=O) groups is 4. The Kier molecular flexibility index (Phi) is 9.21. The fourth-order valence-corrected chi connectivity index (χ4v) is 4.50. The van der Waals surface area contributed by atoms with E-state index in [2.05, 4.69) is 52.8 Å². The van der Waals surface area contributed by atoms with Crippen LogP contribution in [0.25, 0.3) is 0 Å². The van der Waals surface area contributed by atoms with E-state index in [1.165, 1.54) is 4.90 Å². The van der Waals surface area contributed by atoms with Crippen molar-refractivity contribution in [1.29, 1.82) is 0 Å². The number of benzene rings is 3. The highest BCUT2D eigenvalue weighted by atomic mass is 79.9. The number of rotatable bonds is 8. The molecule has 208 valence electrons. The molecule has 1 fully saturated rings. The van der Waals surface area contributed by atoms with Crippen LogP contribution in [0.5, 0.6) is 11.5 Å². The van der Waals surface area contributed by atoms with Crippen LogP contribution in [0.1, 0.15) is 47.7 Å². The van der Waals surface area contributed by atoms with E-state index in [1.54, 1.807) is 48.5 Å². The highest BCUT2D eigenvalue weighted by molar-refractivity contribution is 9.10. The van der Waals surface area contributed by atoms with Gasteiger partial charge in [-0.2, -0.15) is 0 Å². The number of esters is 1. The van der Waals surface area contributed by atoms with Gasteiger partial charge in [0.25, 0.3) is 11.8 Å². The van der Waals surface area contributed by atoms with Crippen LogP contribution < -0.4 is 20.5 Å². The lowest BCUT2D eigenvalue weighted by Crippen LogP contribution is -2.43. The largest absolute Gasteiger partial charge is 0.457 e. The molecule has 1 heterocycles. The number of anilines is 1. The maximum atomic E-state index is 12.7. The van der Waals surface area contributed by atoms with Crippen LogP contribution in [0.15, 0.2) is 71.2 Å². The summed E-state index contributed by atoms with van der Waals surface area (Å²) in [7, 11) is 0. The zero-order chi connectivity index (χ0) is 28.8.